The van der Waals surface area contributed by atoms with E-state index in [0.29, 0.717) is 0 Å². The molecule has 0 heterocycles. The Labute approximate surface area is 63.4 Å². The predicted octanol–water partition coefficient (Wildman–Crippen LogP) is 2.32. The highest BCUT2D eigenvalue weighted by atomic mass is 14.7. The van der Waals surface area contributed by atoms with Gasteiger partial charge in [0.1, 0.15) is 0 Å². The van der Waals surface area contributed by atoms with Gasteiger partial charge >= 0.3 is 0 Å². The summed E-state index contributed by atoms with van der Waals surface area (Å²) in [5.74, 6) is 0. The van der Waals surface area contributed by atoms with Crippen molar-refractivity contribution in [2.45, 2.75) is 20.8 Å². The lowest BCUT2D eigenvalue weighted by atomic mass is 10.5. The van der Waals surface area contributed by atoms with Gasteiger partial charge < -0.3 is 0 Å². The third-order valence-corrected chi connectivity index (χ3v) is 0.611. The van der Waals surface area contributed by atoms with Crippen LogP contribution in [-0.4, -0.2) is 19.0 Å². The summed E-state index contributed by atoms with van der Waals surface area (Å²) >= 11 is 0. The van der Waals surface area contributed by atoms with Crippen molar-refractivity contribution in [3.63, 3.8) is 0 Å². The molecule has 0 aromatic heterocycles. The summed E-state index contributed by atoms with van der Waals surface area (Å²) in [7, 11) is 1.71. The lowest BCUT2D eigenvalue weighted by Crippen LogP contribution is -1.89. The Kier molecular flexibility index (Phi) is 13.0. The molecule has 0 saturated carbocycles. The topological polar surface area (TPSA) is 24.7 Å². The van der Waals surface area contributed by atoms with Crippen molar-refractivity contribution in [2.75, 3.05) is 7.05 Å². The van der Waals surface area contributed by atoms with Gasteiger partial charge in [-0.2, -0.15) is 0 Å². The zero-order valence-electron chi connectivity index (χ0n) is 7.26. The molecule has 0 aromatic carbocycles. The van der Waals surface area contributed by atoms with Gasteiger partial charge in [-0.3, -0.25) is 9.98 Å². The molecule has 58 valence electrons. The molecule has 0 aliphatic rings. The minimum Gasteiger partial charge on any atom is -0.295 e. The van der Waals surface area contributed by atoms with E-state index < -0.39 is 0 Å². The highest BCUT2D eigenvalue weighted by molar-refractivity contribution is 6.29. The summed E-state index contributed by atoms with van der Waals surface area (Å²) in [6.45, 7) is 9.30. The Morgan fingerprint density at radius 2 is 1.90 bits per heavy atom. The first kappa shape index (κ1) is 11.8. The molecule has 0 aliphatic carbocycles. The standard InChI is InChI=1S/C6H10N2.C2H6/c1-4-8-6(2)5-7-3;1-2/h4-5H,1H2,2-3H3;1-2H3. The van der Waals surface area contributed by atoms with Crippen LogP contribution in [0.25, 0.3) is 0 Å². The molecule has 10 heavy (non-hydrogen) atoms. The second-order valence-electron chi connectivity index (χ2n) is 1.34. The van der Waals surface area contributed by atoms with Gasteiger partial charge in [-0.25, -0.2) is 0 Å². The molecule has 0 unspecified atom stereocenters. The van der Waals surface area contributed by atoms with Crippen LogP contribution in [0.4, 0.5) is 0 Å². The summed E-state index contributed by atoms with van der Waals surface area (Å²) in [6, 6.07) is 0. The molecule has 0 saturated heterocycles. The Hall–Kier alpha value is -0.920. The first-order valence-electron chi connectivity index (χ1n) is 3.38. The molecule has 0 N–H and O–H groups in total. The van der Waals surface area contributed by atoms with E-state index in [4.69, 9.17) is 0 Å². The molecule has 2 heteroatoms. The average Bonchev–Trinajstić information content (AvgIpc) is 1.93. The van der Waals surface area contributed by atoms with Crippen molar-refractivity contribution in [3.05, 3.63) is 12.8 Å². The van der Waals surface area contributed by atoms with E-state index in [9.17, 15) is 0 Å². The molecule has 0 aromatic rings. The Morgan fingerprint density at radius 3 is 2.20 bits per heavy atom. The molecule has 0 amide bonds. The van der Waals surface area contributed by atoms with Crippen LogP contribution in [0.5, 0.6) is 0 Å². The number of rotatable bonds is 2. The van der Waals surface area contributed by atoms with E-state index in [2.05, 4.69) is 16.6 Å². The molecular formula is C8H16N2. The van der Waals surface area contributed by atoms with Gasteiger partial charge in [0.25, 0.3) is 0 Å². The van der Waals surface area contributed by atoms with Crippen LogP contribution in [0.15, 0.2) is 22.8 Å². The zero-order valence-corrected chi connectivity index (χ0v) is 7.26. The van der Waals surface area contributed by atoms with Crippen molar-refractivity contribution in [3.8, 4) is 0 Å². The minimum atomic E-state index is 0.877. The van der Waals surface area contributed by atoms with Crippen molar-refractivity contribution in [1.29, 1.82) is 0 Å². The van der Waals surface area contributed by atoms with Crippen LogP contribution >= 0.6 is 0 Å². The van der Waals surface area contributed by atoms with E-state index >= 15 is 0 Å². The first-order valence-corrected chi connectivity index (χ1v) is 3.38. The molecule has 2 nitrogen and oxygen atoms in total. The fraction of sp³-hybridized carbons (Fsp3) is 0.500. The first-order chi connectivity index (χ1) is 4.81. The van der Waals surface area contributed by atoms with E-state index in [1.165, 1.54) is 6.20 Å². The van der Waals surface area contributed by atoms with Crippen LogP contribution in [-0.2, 0) is 0 Å². The maximum absolute atomic E-state index is 3.85. The van der Waals surface area contributed by atoms with Crippen molar-refractivity contribution in [2.24, 2.45) is 9.98 Å². The number of hydrogen-bond donors (Lipinski definition) is 0. The van der Waals surface area contributed by atoms with E-state index in [-0.39, 0.29) is 0 Å². The van der Waals surface area contributed by atoms with E-state index in [1.54, 1.807) is 13.3 Å². The average molecular weight is 140 g/mol. The van der Waals surface area contributed by atoms with Crippen molar-refractivity contribution < 1.29 is 0 Å². The molecule has 0 spiro atoms. The normalized spacial score (nSPS) is 10.6. The smallest absolute Gasteiger partial charge is 0.0550 e. The van der Waals surface area contributed by atoms with E-state index in [1.807, 2.05) is 20.8 Å². The largest absolute Gasteiger partial charge is 0.295 e. The lowest BCUT2D eigenvalue weighted by Gasteiger charge is -1.81. The van der Waals surface area contributed by atoms with Crippen LogP contribution in [0.2, 0.25) is 0 Å². The quantitative estimate of drug-likeness (QED) is 0.526. The third-order valence-electron chi connectivity index (χ3n) is 0.611. The van der Waals surface area contributed by atoms with E-state index in [0.717, 1.165) is 5.71 Å². The molecular weight excluding hydrogens is 124 g/mol. The van der Waals surface area contributed by atoms with Gasteiger partial charge in [0.2, 0.25) is 0 Å². The van der Waals surface area contributed by atoms with Gasteiger partial charge in [0, 0.05) is 19.5 Å². The number of aliphatic imine (C=N–C) groups is 2. The predicted molar refractivity (Wildman–Crippen MR) is 49.1 cm³/mol. The summed E-state index contributed by atoms with van der Waals surface area (Å²) in [4.78, 5) is 7.60. The highest BCUT2D eigenvalue weighted by Crippen LogP contribution is 1.72. The molecule has 0 fully saturated rings. The van der Waals surface area contributed by atoms with Gasteiger partial charge in [0.15, 0.2) is 0 Å². The number of hydrogen-bond acceptors (Lipinski definition) is 2. The molecule has 0 rings (SSSR count). The monoisotopic (exact) mass is 140 g/mol. The van der Waals surface area contributed by atoms with Crippen LogP contribution in [0, 0.1) is 0 Å². The maximum Gasteiger partial charge on any atom is 0.0550 e. The van der Waals surface area contributed by atoms with Crippen LogP contribution < -0.4 is 0 Å². The van der Waals surface area contributed by atoms with Gasteiger partial charge in [-0.05, 0) is 6.92 Å². The molecule has 0 radical (unpaired) electrons. The molecule has 0 aliphatic heterocycles. The second-order valence-corrected chi connectivity index (χ2v) is 1.34. The number of nitrogens with zero attached hydrogens (tertiary/aromatic N) is 2. The Balaban J connectivity index is 0. The third kappa shape index (κ3) is 10.1. The summed E-state index contributed by atoms with van der Waals surface area (Å²) < 4.78 is 0. The van der Waals surface area contributed by atoms with Crippen LogP contribution in [0.3, 0.4) is 0 Å². The van der Waals surface area contributed by atoms with Crippen molar-refractivity contribution >= 4 is 11.9 Å². The summed E-state index contributed by atoms with van der Waals surface area (Å²) in [6.07, 6.45) is 3.18. The van der Waals surface area contributed by atoms with Gasteiger partial charge in [-0.15, -0.1) is 0 Å². The van der Waals surface area contributed by atoms with Crippen molar-refractivity contribution in [1.82, 2.24) is 0 Å². The highest BCUT2D eigenvalue weighted by Gasteiger charge is 1.74. The zero-order chi connectivity index (χ0) is 8.41. The summed E-state index contributed by atoms with van der Waals surface area (Å²) in [5, 5.41) is 0. The lowest BCUT2D eigenvalue weighted by molar-refractivity contribution is 1.47. The Morgan fingerprint density at radius 1 is 1.40 bits per heavy atom. The SMILES string of the molecule is C=CN=C(C)C=NC.CC. The molecule has 0 bridgehead atoms. The Bertz CT molecular complexity index is 123. The minimum absolute atomic E-state index is 0.877. The second kappa shape index (κ2) is 11.0. The fourth-order valence-corrected chi connectivity index (χ4v) is 0.364. The fourth-order valence-electron chi connectivity index (χ4n) is 0.364. The summed E-state index contributed by atoms with van der Waals surface area (Å²) in [5.41, 5.74) is 0.877. The van der Waals surface area contributed by atoms with Gasteiger partial charge in [0.05, 0.1) is 5.71 Å². The molecule has 0 atom stereocenters. The van der Waals surface area contributed by atoms with Crippen LogP contribution in [0.1, 0.15) is 20.8 Å². The van der Waals surface area contributed by atoms with Gasteiger partial charge in [-0.1, -0.05) is 20.4 Å². The maximum atomic E-state index is 3.85.